The van der Waals surface area contributed by atoms with Crippen molar-refractivity contribution in [2.75, 3.05) is 7.05 Å². The Kier molecular flexibility index (Phi) is 6.41. The van der Waals surface area contributed by atoms with Crippen LogP contribution in [0.5, 0.6) is 0 Å². The van der Waals surface area contributed by atoms with Crippen LogP contribution in [0, 0.1) is 12.3 Å². The Balaban J connectivity index is 2.68. The second kappa shape index (κ2) is 7.63. The standard InChI is InChI=1S/C16H21BrN2O3/c1-10-12(17)6-7-13(19-10)15(21)22-14(20)8-11(18-5)9-16(2,3)4/h6-7H,8-9H2,1-5H3. The summed E-state index contributed by atoms with van der Waals surface area (Å²) in [5, 5.41) is 0. The van der Waals surface area contributed by atoms with Crippen molar-refractivity contribution in [3.05, 3.63) is 28.0 Å². The molecule has 1 rings (SSSR count). The number of rotatable bonds is 4. The molecule has 0 fully saturated rings. The fraction of sp³-hybridized carbons (Fsp3) is 0.500. The largest absolute Gasteiger partial charge is 0.388 e. The van der Waals surface area contributed by atoms with Gasteiger partial charge in [0.1, 0.15) is 5.69 Å². The molecule has 0 spiro atoms. The zero-order valence-electron chi connectivity index (χ0n) is 13.6. The fourth-order valence-corrected chi connectivity index (χ4v) is 2.07. The molecule has 5 nitrogen and oxygen atoms in total. The fourth-order valence-electron chi connectivity index (χ4n) is 1.85. The number of aliphatic imine (C=N–C) groups is 1. The maximum atomic E-state index is 11.9. The van der Waals surface area contributed by atoms with E-state index >= 15 is 0 Å². The Morgan fingerprint density at radius 3 is 2.45 bits per heavy atom. The van der Waals surface area contributed by atoms with E-state index in [1.165, 1.54) is 6.07 Å². The van der Waals surface area contributed by atoms with Crippen LogP contribution in [0.4, 0.5) is 0 Å². The van der Waals surface area contributed by atoms with Gasteiger partial charge < -0.3 is 4.74 Å². The van der Waals surface area contributed by atoms with Gasteiger partial charge in [-0.2, -0.15) is 0 Å². The van der Waals surface area contributed by atoms with Gasteiger partial charge in [0.25, 0.3) is 0 Å². The van der Waals surface area contributed by atoms with Crippen molar-refractivity contribution >= 4 is 33.6 Å². The van der Waals surface area contributed by atoms with Gasteiger partial charge in [0.15, 0.2) is 0 Å². The smallest absolute Gasteiger partial charge is 0.364 e. The normalized spacial score (nSPS) is 12.2. The number of halogens is 1. The topological polar surface area (TPSA) is 68.6 Å². The highest BCUT2D eigenvalue weighted by Crippen LogP contribution is 2.20. The molecule has 0 aliphatic rings. The maximum Gasteiger partial charge on any atom is 0.364 e. The first-order chi connectivity index (χ1) is 10.1. The summed E-state index contributed by atoms with van der Waals surface area (Å²) in [4.78, 5) is 32.0. The van der Waals surface area contributed by atoms with Gasteiger partial charge in [-0.1, -0.05) is 20.8 Å². The molecule has 0 saturated carbocycles. The predicted octanol–water partition coefficient (Wildman–Crippen LogP) is 3.73. The SMILES string of the molecule is CN=C(CC(=O)OC(=O)c1ccc(Br)c(C)n1)CC(C)(C)C. The van der Waals surface area contributed by atoms with Crippen molar-refractivity contribution in [2.24, 2.45) is 10.4 Å². The monoisotopic (exact) mass is 368 g/mol. The summed E-state index contributed by atoms with van der Waals surface area (Å²) >= 11 is 3.30. The molecule has 0 atom stereocenters. The highest BCUT2D eigenvalue weighted by atomic mass is 79.9. The van der Waals surface area contributed by atoms with Gasteiger partial charge >= 0.3 is 11.9 Å². The average Bonchev–Trinajstić information content (AvgIpc) is 2.39. The van der Waals surface area contributed by atoms with E-state index in [-0.39, 0.29) is 17.5 Å². The Morgan fingerprint density at radius 2 is 1.95 bits per heavy atom. The highest BCUT2D eigenvalue weighted by Gasteiger charge is 2.20. The molecule has 1 heterocycles. The van der Waals surface area contributed by atoms with Crippen molar-refractivity contribution in [1.29, 1.82) is 0 Å². The summed E-state index contributed by atoms with van der Waals surface area (Å²) < 4.78 is 5.63. The molecule has 0 unspecified atom stereocenters. The number of carbonyl (C=O) groups excluding carboxylic acids is 2. The molecule has 0 aliphatic carbocycles. The first-order valence-corrected chi connectivity index (χ1v) is 7.74. The lowest BCUT2D eigenvalue weighted by Crippen LogP contribution is -2.20. The zero-order valence-corrected chi connectivity index (χ0v) is 15.2. The second-order valence-corrected chi connectivity index (χ2v) is 7.08. The van der Waals surface area contributed by atoms with Crippen molar-refractivity contribution in [3.8, 4) is 0 Å². The van der Waals surface area contributed by atoms with E-state index in [1.807, 2.05) is 0 Å². The predicted molar refractivity (Wildman–Crippen MR) is 89.1 cm³/mol. The molecule has 22 heavy (non-hydrogen) atoms. The third kappa shape index (κ3) is 6.05. The van der Waals surface area contributed by atoms with Gasteiger partial charge in [0.05, 0.1) is 12.1 Å². The molecule has 0 saturated heterocycles. The van der Waals surface area contributed by atoms with Crippen molar-refractivity contribution in [3.63, 3.8) is 0 Å². The number of carbonyl (C=O) groups is 2. The summed E-state index contributed by atoms with van der Waals surface area (Å²) in [7, 11) is 1.63. The van der Waals surface area contributed by atoms with Crippen molar-refractivity contribution in [1.82, 2.24) is 4.98 Å². The van der Waals surface area contributed by atoms with E-state index in [0.717, 1.165) is 4.47 Å². The first-order valence-electron chi connectivity index (χ1n) is 6.95. The van der Waals surface area contributed by atoms with E-state index in [2.05, 4.69) is 46.7 Å². The van der Waals surface area contributed by atoms with E-state index < -0.39 is 11.9 Å². The van der Waals surface area contributed by atoms with Gasteiger partial charge in [0.2, 0.25) is 0 Å². The molecule has 0 aromatic carbocycles. The van der Waals surface area contributed by atoms with Crippen LogP contribution in [0.25, 0.3) is 0 Å². The molecule has 0 bridgehead atoms. The summed E-state index contributed by atoms with van der Waals surface area (Å²) in [6.07, 6.45) is 0.678. The van der Waals surface area contributed by atoms with Gasteiger partial charge in [-0.25, -0.2) is 9.78 Å². The number of aromatic nitrogens is 1. The first kappa shape index (κ1) is 18.5. The van der Waals surface area contributed by atoms with Crippen molar-refractivity contribution in [2.45, 2.75) is 40.5 Å². The lowest BCUT2D eigenvalue weighted by atomic mass is 9.88. The number of hydrogen-bond donors (Lipinski definition) is 0. The molecular formula is C16H21BrN2O3. The van der Waals surface area contributed by atoms with Crippen LogP contribution in [-0.4, -0.2) is 29.7 Å². The molecule has 1 aromatic heterocycles. The number of aryl methyl sites for hydroxylation is 1. The minimum Gasteiger partial charge on any atom is -0.388 e. The van der Waals surface area contributed by atoms with Gasteiger partial charge in [-0.15, -0.1) is 0 Å². The van der Waals surface area contributed by atoms with Gasteiger partial charge in [0, 0.05) is 17.2 Å². The number of ether oxygens (including phenoxy) is 1. The van der Waals surface area contributed by atoms with E-state index in [9.17, 15) is 9.59 Å². The quantitative estimate of drug-likeness (QED) is 0.461. The van der Waals surface area contributed by atoms with Crippen LogP contribution in [-0.2, 0) is 9.53 Å². The van der Waals surface area contributed by atoms with Crippen LogP contribution in [0.15, 0.2) is 21.6 Å². The van der Waals surface area contributed by atoms with Crippen LogP contribution < -0.4 is 0 Å². The van der Waals surface area contributed by atoms with Crippen LogP contribution in [0.1, 0.15) is 49.8 Å². The third-order valence-electron chi connectivity index (χ3n) is 2.84. The minimum absolute atomic E-state index is 0.00895. The Hall–Kier alpha value is -1.56. The molecule has 120 valence electrons. The highest BCUT2D eigenvalue weighted by molar-refractivity contribution is 9.10. The number of esters is 2. The summed E-state index contributed by atoms with van der Waals surface area (Å²) in [6.45, 7) is 7.93. The molecule has 0 amide bonds. The molecule has 0 aliphatic heterocycles. The Morgan fingerprint density at radius 1 is 1.32 bits per heavy atom. The number of nitrogens with zero attached hydrogens (tertiary/aromatic N) is 2. The summed E-state index contributed by atoms with van der Waals surface area (Å²) in [5.74, 6) is -1.36. The van der Waals surface area contributed by atoms with Crippen molar-refractivity contribution < 1.29 is 14.3 Å². The molecule has 6 heteroatoms. The van der Waals surface area contributed by atoms with E-state index in [0.29, 0.717) is 17.8 Å². The molecule has 0 N–H and O–H groups in total. The lowest BCUT2D eigenvalue weighted by Gasteiger charge is -2.18. The number of pyridine rings is 1. The van der Waals surface area contributed by atoms with Crippen LogP contribution in [0.2, 0.25) is 0 Å². The van der Waals surface area contributed by atoms with Gasteiger partial charge in [-0.3, -0.25) is 9.79 Å². The Bertz CT molecular complexity index is 604. The molecule has 0 radical (unpaired) electrons. The molecule has 1 aromatic rings. The summed E-state index contributed by atoms with van der Waals surface area (Å²) in [5.41, 5.74) is 1.50. The zero-order chi connectivity index (χ0) is 16.9. The van der Waals surface area contributed by atoms with Crippen LogP contribution >= 0.6 is 15.9 Å². The lowest BCUT2D eigenvalue weighted by molar-refractivity contribution is -0.136. The third-order valence-corrected chi connectivity index (χ3v) is 3.67. The molecular weight excluding hydrogens is 348 g/mol. The number of hydrogen-bond acceptors (Lipinski definition) is 5. The maximum absolute atomic E-state index is 11.9. The Labute approximate surface area is 139 Å². The van der Waals surface area contributed by atoms with Crippen LogP contribution in [0.3, 0.4) is 0 Å². The minimum atomic E-state index is -0.744. The van der Waals surface area contributed by atoms with Gasteiger partial charge in [-0.05, 0) is 46.8 Å². The van der Waals surface area contributed by atoms with E-state index in [4.69, 9.17) is 4.74 Å². The average molecular weight is 369 g/mol. The second-order valence-electron chi connectivity index (χ2n) is 6.23. The summed E-state index contributed by atoms with van der Waals surface area (Å²) in [6, 6.07) is 3.21. The van der Waals surface area contributed by atoms with E-state index in [1.54, 1.807) is 20.0 Å².